The van der Waals surface area contributed by atoms with Crippen molar-refractivity contribution in [2.45, 2.75) is 103 Å². The van der Waals surface area contributed by atoms with Crippen LogP contribution in [0.2, 0.25) is 0 Å². The Morgan fingerprint density at radius 1 is 0.884 bits per heavy atom. The highest BCUT2D eigenvalue weighted by Crippen LogP contribution is 2.10. The fourth-order valence-electron chi connectivity index (χ4n) is 4.11. The average molecular weight is 612 g/mol. The number of aromatic nitrogens is 2. The topological polar surface area (TPSA) is 266 Å². The van der Waals surface area contributed by atoms with Gasteiger partial charge in [-0.1, -0.05) is 34.1 Å². The number of carbonyl (C=O) groups excluding carboxylic acids is 4. The van der Waals surface area contributed by atoms with E-state index in [0.29, 0.717) is 18.5 Å². The Bertz CT molecular complexity index is 1090. The van der Waals surface area contributed by atoms with E-state index in [1.165, 1.54) is 19.4 Å². The van der Waals surface area contributed by atoms with Crippen LogP contribution in [0.5, 0.6) is 0 Å². The van der Waals surface area contributed by atoms with Crippen LogP contribution in [-0.4, -0.2) is 97.2 Å². The molecule has 0 saturated carbocycles. The minimum Gasteiger partial charge on any atom is -0.481 e. The van der Waals surface area contributed by atoms with Gasteiger partial charge in [0.25, 0.3) is 0 Å². The molecule has 43 heavy (non-hydrogen) atoms. The van der Waals surface area contributed by atoms with E-state index in [-0.39, 0.29) is 18.8 Å². The molecule has 4 amide bonds. The molecule has 1 rings (SSSR count). The minimum atomic E-state index is -1.59. The fraction of sp³-hybridized carbons (Fsp3) is 0.667. The number of nitrogens with zero attached hydrogens (tertiary/aromatic N) is 1. The molecule has 7 atom stereocenters. The predicted molar refractivity (Wildman–Crippen MR) is 153 cm³/mol. The molecule has 242 valence electrons. The summed E-state index contributed by atoms with van der Waals surface area (Å²) in [6, 6.07) is -6.57. The van der Waals surface area contributed by atoms with Crippen LogP contribution in [-0.2, 0) is 35.2 Å². The molecule has 0 aliphatic heterocycles. The molecule has 1 heterocycles. The average Bonchev–Trinajstić information content (AvgIpc) is 3.43. The molecule has 0 aliphatic carbocycles. The Kier molecular flexibility index (Phi) is 15.3. The summed E-state index contributed by atoms with van der Waals surface area (Å²) in [5, 5.41) is 38.6. The summed E-state index contributed by atoms with van der Waals surface area (Å²) in [6.45, 7) is 8.30. The van der Waals surface area contributed by atoms with Gasteiger partial charge in [-0.15, -0.1) is 0 Å². The van der Waals surface area contributed by atoms with Crippen molar-refractivity contribution in [2.75, 3.05) is 0 Å². The first-order valence-corrected chi connectivity index (χ1v) is 14.1. The zero-order chi connectivity index (χ0) is 32.9. The summed E-state index contributed by atoms with van der Waals surface area (Å²) in [5.41, 5.74) is 6.33. The highest BCUT2D eigenvalue weighted by atomic mass is 16.4. The van der Waals surface area contributed by atoms with Gasteiger partial charge < -0.3 is 47.3 Å². The lowest BCUT2D eigenvalue weighted by molar-refractivity contribution is -0.144. The first-order valence-electron chi connectivity index (χ1n) is 14.1. The summed E-state index contributed by atoms with van der Waals surface area (Å²) in [7, 11) is 0. The van der Waals surface area contributed by atoms with Gasteiger partial charge in [0.15, 0.2) is 0 Å². The van der Waals surface area contributed by atoms with Gasteiger partial charge in [-0.25, -0.2) is 9.78 Å². The van der Waals surface area contributed by atoms with Crippen molar-refractivity contribution >= 4 is 35.6 Å². The first-order chi connectivity index (χ1) is 20.1. The van der Waals surface area contributed by atoms with Crippen molar-refractivity contribution in [3.05, 3.63) is 18.2 Å². The van der Waals surface area contributed by atoms with Gasteiger partial charge in [0.2, 0.25) is 23.6 Å². The van der Waals surface area contributed by atoms with Crippen LogP contribution in [0.1, 0.15) is 66.0 Å². The van der Waals surface area contributed by atoms with Crippen LogP contribution >= 0.6 is 0 Å². The lowest BCUT2D eigenvalue weighted by Crippen LogP contribution is -2.61. The SMILES string of the molecule is CC[C@H](C)[C@H](NC(=O)[C@@H](NC(=O)[C@H](Cc1cnc[nH]1)NC(=O)[C@H](CCC(=O)O)NC(=O)[C@@H](N)CC(C)C)[C@@H](C)O)C(=O)O. The van der Waals surface area contributed by atoms with Crippen LogP contribution < -0.4 is 27.0 Å². The number of carboxylic acids is 2. The molecule has 0 aromatic carbocycles. The van der Waals surface area contributed by atoms with Crippen molar-refractivity contribution in [1.82, 2.24) is 31.2 Å². The number of nitrogens with one attached hydrogen (secondary N) is 5. The summed E-state index contributed by atoms with van der Waals surface area (Å²) < 4.78 is 0. The molecular formula is C27H45N7O9. The summed E-state index contributed by atoms with van der Waals surface area (Å²) in [5.74, 6) is -6.30. The van der Waals surface area contributed by atoms with E-state index in [2.05, 4.69) is 31.2 Å². The Morgan fingerprint density at radius 3 is 1.95 bits per heavy atom. The molecule has 10 N–H and O–H groups in total. The molecule has 16 nitrogen and oxygen atoms in total. The summed E-state index contributed by atoms with van der Waals surface area (Å²) >= 11 is 0. The highest BCUT2D eigenvalue weighted by molar-refractivity contribution is 5.95. The van der Waals surface area contributed by atoms with Crippen LogP contribution in [0.3, 0.4) is 0 Å². The number of aliphatic hydroxyl groups is 1. The first kappa shape index (κ1) is 37.0. The fourth-order valence-corrected chi connectivity index (χ4v) is 4.11. The monoisotopic (exact) mass is 611 g/mol. The standard InChI is InChI=1S/C27H45N7O9/c1-6-14(4)21(27(42)43)33-26(41)22(15(5)35)34-25(40)19(10-16-11-29-12-30-16)32-24(39)18(7-8-20(36)37)31-23(38)17(28)9-13(2)3/h11-15,17-19,21-22,35H,6-10,28H2,1-5H3,(H,29,30)(H,31,38)(H,32,39)(H,33,41)(H,34,40)(H,36,37)(H,42,43)/t14-,15+,17-,18-,19-,21-,22-/m0/s1. The third kappa shape index (κ3) is 12.8. The Balaban J connectivity index is 3.22. The lowest BCUT2D eigenvalue weighted by Gasteiger charge is -2.28. The molecule has 16 heteroatoms. The second-order valence-electron chi connectivity index (χ2n) is 11.0. The van der Waals surface area contributed by atoms with Gasteiger partial charge in [-0.05, 0) is 31.6 Å². The largest absolute Gasteiger partial charge is 0.481 e. The zero-order valence-electron chi connectivity index (χ0n) is 25.1. The smallest absolute Gasteiger partial charge is 0.326 e. The van der Waals surface area contributed by atoms with Gasteiger partial charge >= 0.3 is 11.9 Å². The number of imidazole rings is 1. The Labute approximate surface area is 250 Å². The lowest BCUT2D eigenvalue weighted by atomic mass is 9.98. The Morgan fingerprint density at radius 2 is 1.47 bits per heavy atom. The molecule has 0 spiro atoms. The number of aliphatic hydroxyl groups excluding tert-OH is 1. The van der Waals surface area contributed by atoms with E-state index >= 15 is 0 Å². The van der Waals surface area contributed by atoms with Crippen molar-refractivity contribution in [3.63, 3.8) is 0 Å². The number of aliphatic carboxylic acids is 2. The maximum absolute atomic E-state index is 13.4. The van der Waals surface area contributed by atoms with Gasteiger partial charge in [-0.3, -0.25) is 24.0 Å². The van der Waals surface area contributed by atoms with E-state index in [9.17, 15) is 39.0 Å². The number of hydrogen-bond donors (Lipinski definition) is 9. The van der Waals surface area contributed by atoms with Crippen molar-refractivity contribution in [1.29, 1.82) is 0 Å². The summed E-state index contributed by atoms with van der Waals surface area (Å²) in [6.07, 6.45) is 1.09. The number of aromatic amines is 1. The predicted octanol–water partition coefficient (Wildman–Crippen LogP) is -1.36. The van der Waals surface area contributed by atoms with Crippen molar-refractivity contribution < 1.29 is 44.1 Å². The van der Waals surface area contributed by atoms with Gasteiger partial charge in [0.05, 0.1) is 18.5 Å². The number of H-pyrrole nitrogens is 1. The van der Waals surface area contributed by atoms with E-state index in [4.69, 9.17) is 10.8 Å². The number of nitrogens with two attached hydrogens (primary N) is 1. The van der Waals surface area contributed by atoms with Gasteiger partial charge in [-0.2, -0.15) is 0 Å². The van der Waals surface area contributed by atoms with E-state index in [0.717, 1.165) is 0 Å². The molecular weight excluding hydrogens is 566 g/mol. The minimum absolute atomic E-state index is 0.0737. The van der Waals surface area contributed by atoms with Crippen molar-refractivity contribution in [3.8, 4) is 0 Å². The summed E-state index contributed by atoms with van der Waals surface area (Å²) in [4.78, 5) is 81.9. The molecule has 1 aromatic heterocycles. The van der Waals surface area contributed by atoms with E-state index in [1.54, 1.807) is 13.8 Å². The third-order valence-electron chi connectivity index (χ3n) is 6.79. The molecule has 0 fully saturated rings. The normalized spacial score (nSPS) is 16.1. The Hall–Kier alpha value is -4.05. The second-order valence-corrected chi connectivity index (χ2v) is 11.0. The number of hydrogen-bond acceptors (Lipinski definition) is 9. The maximum Gasteiger partial charge on any atom is 0.326 e. The van der Waals surface area contributed by atoms with E-state index in [1.807, 2.05) is 13.8 Å². The quantitative estimate of drug-likeness (QED) is 0.0881. The molecule has 0 bridgehead atoms. The van der Waals surface area contributed by atoms with Crippen LogP contribution in [0.25, 0.3) is 0 Å². The molecule has 1 aromatic rings. The zero-order valence-corrected chi connectivity index (χ0v) is 25.1. The highest BCUT2D eigenvalue weighted by Gasteiger charge is 2.35. The third-order valence-corrected chi connectivity index (χ3v) is 6.79. The molecule has 0 aliphatic rings. The maximum atomic E-state index is 13.4. The number of rotatable bonds is 19. The van der Waals surface area contributed by atoms with Crippen molar-refractivity contribution in [2.24, 2.45) is 17.6 Å². The van der Waals surface area contributed by atoms with Crippen LogP contribution in [0.4, 0.5) is 0 Å². The van der Waals surface area contributed by atoms with Crippen LogP contribution in [0, 0.1) is 11.8 Å². The number of carboxylic acid groups (broad SMARTS) is 2. The molecule has 0 saturated heterocycles. The number of amides is 4. The second kappa shape index (κ2) is 17.8. The molecule has 0 radical (unpaired) electrons. The molecule has 0 unspecified atom stereocenters. The van der Waals surface area contributed by atoms with Crippen LogP contribution in [0.15, 0.2) is 12.5 Å². The van der Waals surface area contributed by atoms with E-state index < -0.39 is 84.2 Å². The van der Waals surface area contributed by atoms with Gasteiger partial charge in [0, 0.05) is 24.7 Å². The van der Waals surface area contributed by atoms with Gasteiger partial charge in [0.1, 0.15) is 24.2 Å². The number of carbonyl (C=O) groups is 6.